The average Bonchev–Trinajstić information content (AvgIpc) is 2.32. The minimum atomic E-state index is -0.466. The number of halogens is 2. The van der Waals surface area contributed by atoms with Gasteiger partial charge in [0.1, 0.15) is 5.82 Å². The molecule has 0 saturated heterocycles. The lowest BCUT2D eigenvalue weighted by Gasteiger charge is -2.23. The molecule has 0 heterocycles. The fourth-order valence-electron chi connectivity index (χ4n) is 1.59. The fourth-order valence-corrected chi connectivity index (χ4v) is 2.01. The molecule has 100 valence electrons. The molecule has 1 amide bonds. The van der Waals surface area contributed by atoms with Crippen LogP contribution in [0.2, 0.25) is 0 Å². The number of nitrogens with one attached hydrogen (secondary N) is 2. The van der Waals surface area contributed by atoms with Crippen molar-refractivity contribution in [2.45, 2.75) is 20.4 Å². The molecule has 1 aromatic rings. The Labute approximate surface area is 115 Å². The molecule has 0 fully saturated rings. The molecule has 2 N–H and O–H groups in total. The molecule has 1 rings (SSSR count). The highest BCUT2D eigenvalue weighted by Crippen LogP contribution is 2.17. The summed E-state index contributed by atoms with van der Waals surface area (Å²) in [4.78, 5) is 11.6. The lowest BCUT2D eigenvalue weighted by atomic mass is 9.92. The number of hydrogen-bond donors (Lipinski definition) is 2. The van der Waals surface area contributed by atoms with Gasteiger partial charge in [0, 0.05) is 20.1 Å². The molecule has 0 aliphatic rings. The van der Waals surface area contributed by atoms with Gasteiger partial charge in [0.2, 0.25) is 5.91 Å². The molecular weight excluding hydrogens is 299 g/mol. The zero-order valence-electron chi connectivity index (χ0n) is 10.8. The van der Waals surface area contributed by atoms with E-state index < -0.39 is 5.41 Å². The van der Waals surface area contributed by atoms with Gasteiger partial charge in [-0.15, -0.1) is 0 Å². The van der Waals surface area contributed by atoms with E-state index in [0.29, 0.717) is 17.6 Å². The van der Waals surface area contributed by atoms with Crippen molar-refractivity contribution < 1.29 is 9.18 Å². The third-order valence-electron chi connectivity index (χ3n) is 2.72. The lowest BCUT2D eigenvalue weighted by molar-refractivity contribution is -0.128. The molecule has 0 spiro atoms. The van der Waals surface area contributed by atoms with Crippen LogP contribution in [0.25, 0.3) is 0 Å². The van der Waals surface area contributed by atoms with E-state index in [1.807, 2.05) is 13.8 Å². The maximum absolute atomic E-state index is 13.0. The van der Waals surface area contributed by atoms with Gasteiger partial charge >= 0.3 is 0 Å². The van der Waals surface area contributed by atoms with E-state index in [-0.39, 0.29) is 11.7 Å². The Hall–Kier alpha value is -0.940. The van der Waals surface area contributed by atoms with Crippen LogP contribution in [-0.4, -0.2) is 19.5 Å². The molecule has 5 heteroatoms. The zero-order valence-corrected chi connectivity index (χ0v) is 12.4. The van der Waals surface area contributed by atoms with Crippen LogP contribution >= 0.6 is 15.9 Å². The first kappa shape index (κ1) is 15.1. The molecule has 0 aliphatic carbocycles. The van der Waals surface area contributed by atoms with Crippen molar-refractivity contribution in [3.05, 3.63) is 34.1 Å². The van der Waals surface area contributed by atoms with Crippen LogP contribution < -0.4 is 10.6 Å². The smallest absolute Gasteiger partial charge is 0.226 e. The van der Waals surface area contributed by atoms with E-state index in [1.165, 1.54) is 6.07 Å². The highest BCUT2D eigenvalue weighted by atomic mass is 79.9. The van der Waals surface area contributed by atoms with Crippen molar-refractivity contribution in [1.29, 1.82) is 0 Å². The van der Waals surface area contributed by atoms with Crippen molar-refractivity contribution in [3.8, 4) is 0 Å². The van der Waals surface area contributed by atoms with Crippen molar-refractivity contribution in [3.63, 3.8) is 0 Å². The monoisotopic (exact) mass is 316 g/mol. The Morgan fingerprint density at radius 3 is 2.67 bits per heavy atom. The maximum Gasteiger partial charge on any atom is 0.226 e. The number of rotatable bonds is 5. The fraction of sp³-hybridized carbons (Fsp3) is 0.462. The number of hydrogen-bond acceptors (Lipinski definition) is 2. The molecule has 0 aromatic heterocycles. The number of amides is 1. The van der Waals surface area contributed by atoms with Gasteiger partial charge < -0.3 is 10.6 Å². The first-order valence-electron chi connectivity index (χ1n) is 5.73. The third kappa shape index (κ3) is 4.07. The maximum atomic E-state index is 13.0. The van der Waals surface area contributed by atoms with Gasteiger partial charge in [0.15, 0.2) is 0 Å². The zero-order chi connectivity index (χ0) is 13.8. The minimum Gasteiger partial charge on any atom is -0.359 e. The van der Waals surface area contributed by atoms with Crippen molar-refractivity contribution in [1.82, 2.24) is 10.6 Å². The van der Waals surface area contributed by atoms with Crippen LogP contribution in [0, 0.1) is 11.2 Å². The Bertz CT molecular complexity index is 435. The summed E-state index contributed by atoms with van der Waals surface area (Å²) in [5.74, 6) is -0.278. The summed E-state index contributed by atoms with van der Waals surface area (Å²) in [6, 6.07) is 4.88. The van der Waals surface area contributed by atoms with Crippen LogP contribution in [0.1, 0.15) is 19.4 Å². The van der Waals surface area contributed by atoms with Crippen LogP contribution in [0.3, 0.4) is 0 Å². The number of carbonyl (C=O) groups is 1. The van der Waals surface area contributed by atoms with Crippen LogP contribution in [0.5, 0.6) is 0 Å². The highest BCUT2D eigenvalue weighted by Gasteiger charge is 2.25. The molecule has 0 bridgehead atoms. The summed E-state index contributed by atoms with van der Waals surface area (Å²) in [6.07, 6.45) is 0. The summed E-state index contributed by atoms with van der Waals surface area (Å²) in [6.45, 7) is 4.90. The minimum absolute atomic E-state index is 0.00436. The summed E-state index contributed by atoms with van der Waals surface area (Å²) >= 11 is 3.14. The molecule has 0 atom stereocenters. The molecule has 18 heavy (non-hydrogen) atoms. The molecule has 1 aromatic carbocycles. The molecule has 0 radical (unpaired) electrons. The Kier molecular flexibility index (Phi) is 5.28. The normalized spacial score (nSPS) is 11.4. The lowest BCUT2D eigenvalue weighted by Crippen LogP contribution is -2.41. The van der Waals surface area contributed by atoms with E-state index in [1.54, 1.807) is 19.2 Å². The first-order chi connectivity index (χ1) is 8.36. The predicted molar refractivity (Wildman–Crippen MR) is 73.7 cm³/mol. The van der Waals surface area contributed by atoms with Gasteiger partial charge in [-0.25, -0.2) is 4.39 Å². The summed E-state index contributed by atoms with van der Waals surface area (Å²) in [7, 11) is 1.63. The van der Waals surface area contributed by atoms with Gasteiger partial charge in [-0.2, -0.15) is 0 Å². The van der Waals surface area contributed by atoms with Gasteiger partial charge in [0.05, 0.1) is 9.89 Å². The summed E-state index contributed by atoms with van der Waals surface area (Å²) in [5, 5.41) is 5.83. The Morgan fingerprint density at radius 1 is 1.44 bits per heavy atom. The Balaban J connectivity index is 2.51. The van der Waals surface area contributed by atoms with E-state index in [0.717, 1.165) is 5.56 Å². The highest BCUT2D eigenvalue weighted by molar-refractivity contribution is 9.10. The van der Waals surface area contributed by atoms with Crippen LogP contribution in [0.4, 0.5) is 4.39 Å². The number of carbonyl (C=O) groups excluding carboxylic acids is 1. The SMILES string of the molecule is CNC(=O)C(C)(C)CNCc1ccc(F)c(Br)c1. The molecule has 0 unspecified atom stereocenters. The summed E-state index contributed by atoms with van der Waals surface area (Å²) < 4.78 is 13.5. The third-order valence-corrected chi connectivity index (χ3v) is 3.33. The van der Waals surface area contributed by atoms with E-state index in [4.69, 9.17) is 0 Å². The van der Waals surface area contributed by atoms with Crippen LogP contribution in [-0.2, 0) is 11.3 Å². The molecule has 3 nitrogen and oxygen atoms in total. The van der Waals surface area contributed by atoms with Crippen molar-refractivity contribution in [2.24, 2.45) is 5.41 Å². The van der Waals surface area contributed by atoms with Crippen LogP contribution in [0.15, 0.2) is 22.7 Å². The van der Waals surface area contributed by atoms with Gasteiger partial charge in [0.25, 0.3) is 0 Å². The molecular formula is C13H18BrFN2O. The van der Waals surface area contributed by atoms with E-state index in [2.05, 4.69) is 26.6 Å². The van der Waals surface area contributed by atoms with Gasteiger partial charge in [-0.05, 0) is 47.5 Å². The van der Waals surface area contributed by atoms with E-state index in [9.17, 15) is 9.18 Å². The van der Waals surface area contributed by atoms with Gasteiger partial charge in [-0.1, -0.05) is 6.07 Å². The van der Waals surface area contributed by atoms with E-state index >= 15 is 0 Å². The average molecular weight is 317 g/mol. The standard InChI is InChI=1S/C13H18BrFN2O/c1-13(2,12(18)16-3)8-17-7-9-4-5-11(15)10(14)6-9/h4-6,17H,7-8H2,1-3H3,(H,16,18). The quantitative estimate of drug-likeness (QED) is 0.876. The first-order valence-corrected chi connectivity index (χ1v) is 6.53. The topological polar surface area (TPSA) is 41.1 Å². The predicted octanol–water partition coefficient (Wildman–Crippen LogP) is 2.45. The molecule has 0 aliphatic heterocycles. The second-order valence-corrected chi connectivity index (χ2v) is 5.67. The Morgan fingerprint density at radius 2 is 2.11 bits per heavy atom. The summed E-state index contributed by atoms with van der Waals surface area (Å²) in [5.41, 5.74) is 0.502. The number of benzene rings is 1. The largest absolute Gasteiger partial charge is 0.359 e. The van der Waals surface area contributed by atoms with Gasteiger partial charge in [-0.3, -0.25) is 4.79 Å². The second kappa shape index (κ2) is 6.29. The van der Waals surface area contributed by atoms with Crippen molar-refractivity contribution in [2.75, 3.05) is 13.6 Å². The molecule has 0 saturated carbocycles. The second-order valence-electron chi connectivity index (χ2n) is 4.82. The van der Waals surface area contributed by atoms with Crippen molar-refractivity contribution >= 4 is 21.8 Å².